The number of halogens is 1. The topological polar surface area (TPSA) is 63.0 Å². The fraction of sp³-hybridized carbons (Fsp3) is 0.250. The maximum Gasteiger partial charge on any atom is 0.0412 e. The minimum absolute atomic E-state index is 0. The lowest BCUT2D eigenvalue weighted by Crippen LogP contribution is -1.84. The summed E-state index contributed by atoms with van der Waals surface area (Å²) in [7, 11) is 0. The van der Waals surface area contributed by atoms with Crippen molar-refractivity contribution in [2.75, 3.05) is 5.75 Å². The Morgan fingerprint density at radius 2 is 1.80 bits per heavy atom. The van der Waals surface area contributed by atoms with E-state index < -0.39 is 0 Å². The molecule has 0 bridgehead atoms. The van der Waals surface area contributed by atoms with Gasteiger partial charge in [0.05, 0.1) is 0 Å². The molecular formula is C16H21ClO2S. The molecule has 0 radical (unpaired) electrons. The highest BCUT2D eigenvalue weighted by Gasteiger charge is 2.04. The van der Waals surface area contributed by atoms with Crippen molar-refractivity contribution in [2.24, 2.45) is 0 Å². The molecule has 2 rings (SSSR count). The first kappa shape index (κ1) is 19.0. The number of hydrogen-bond acceptors (Lipinski definition) is 1. The quantitative estimate of drug-likeness (QED) is 0.781. The smallest absolute Gasteiger partial charge is 0.0412 e. The summed E-state index contributed by atoms with van der Waals surface area (Å²) < 4.78 is 0. The molecule has 4 heteroatoms. The first-order chi connectivity index (χ1) is 8.70. The predicted octanol–water partition coefficient (Wildman–Crippen LogP) is 4.17. The largest absolute Gasteiger partial charge is 0.412 e. The second kappa shape index (κ2) is 9.03. The third kappa shape index (κ3) is 4.84. The molecule has 0 saturated heterocycles. The Kier molecular flexibility index (Phi) is 8.58. The van der Waals surface area contributed by atoms with Gasteiger partial charge < -0.3 is 11.0 Å². The highest BCUT2D eigenvalue weighted by molar-refractivity contribution is 7.99. The van der Waals surface area contributed by atoms with E-state index in [4.69, 9.17) is 11.6 Å². The minimum Gasteiger partial charge on any atom is -0.412 e. The molecule has 0 unspecified atom stereocenters. The van der Waals surface area contributed by atoms with Crippen LogP contribution in [0, 0.1) is 6.92 Å². The van der Waals surface area contributed by atoms with E-state index in [9.17, 15) is 0 Å². The molecule has 0 atom stereocenters. The lowest BCUT2D eigenvalue weighted by molar-refractivity contribution is 0.823. The zero-order valence-corrected chi connectivity index (χ0v) is 13.3. The molecular weight excluding hydrogens is 292 g/mol. The number of thioether (sulfide) groups is 1. The van der Waals surface area contributed by atoms with Crippen LogP contribution in [0.15, 0.2) is 47.4 Å². The number of hydrogen-bond donors (Lipinski definition) is 0. The van der Waals surface area contributed by atoms with E-state index in [1.807, 2.05) is 23.9 Å². The maximum absolute atomic E-state index is 6.08. The van der Waals surface area contributed by atoms with Crippen LogP contribution in [0.4, 0.5) is 0 Å². The molecule has 4 N–H and O–H groups in total. The Morgan fingerprint density at radius 3 is 2.50 bits per heavy atom. The van der Waals surface area contributed by atoms with Crippen LogP contribution in [0.1, 0.15) is 18.9 Å². The summed E-state index contributed by atoms with van der Waals surface area (Å²) in [6.07, 6.45) is 1.20. The molecule has 0 aliphatic carbocycles. The van der Waals surface area contributed by atoms with Crippen LogP contribution in [-0.4, -0.2) is 16.7 Å². The first-order valence-corrected chi connectivity index (χ1v) is 7.56. The summed E-state index contributed by atoms with van der Waals surface area (Å²) in [6, 6.07) is 14.7. The fourth-order valence-electron chi connectivity index (χ4n) is 1.88. The summed E-state index contributed by atoms with van der Waals surface area (Å²) >= 11 is 7.99. The summed E-state index contributed by atoms with van der Waals surface area (Å²) in [5, 5.41) is 0.794. The summed E-state index contributed by atoms with van der Waals surface area (Å²) in [6.45, 7) is 4.33. The number of rotatable bonds is 4. The fourth-order valence-corrected chi connectivity index (χ4v) is 2.88. The maximum atomic E-state index is 6.08. The van der Waals surface area contributed by atoms with E-state index in [1.165, 1.54) is 28.0 Å². The van der Waals surface area contributed by atoms with Crippen LogP contribution in [-0.2, 0) is 0 Å². The van der Waals surface area contributed by atoms with Gasteiger partial charge in [0.2, 0.25) is 0 Å². The molecule has 2 nitrogen and oxygen atoms in total. The van der Waals surface area contributed by atoms with Crippen LogP contribution < -0.4 is 0 Å². The molecule has 0 aromatic heterocycles. The van der Waals surface area contributed by atoms with E-state index in [0.29, 0.717) is 0 Å². The van der Waals surface area contributed by atoms with E-state index in [1.54, 1.807) is 0 Å². The normalized spacial score (nSPS) is 9.55. The lowest BCUT2D eigenvalue weighted by Gasteiger charge is -2.08. The molecule has 0 fully saturated rings. The molecule has 2 aromatic rings. The van der Waals surface area contributed by atoms with E-state index >= 15 is 0 Å². The van der Waals surface area contributed by atoms with Gasteiger partial charge in [0.15, 0.2) is 0 Å². The van der Waals surface area contributed by atoms with Crippen LogP contribution in [0.3, 0.4) is 0 Å². The van der Waals surface area contributed by atoms with Crippen molar-refractivity contribution in [1.82, 2.24) is 0 Å². The van der Waals surface area contributed by atoms with Gasteiger partial charge in [-0.25, -0.2) is 0 Å². The van der Waals surface area contributed by atoms with Gasteiger partial charge in [-0.2, -0.15) is 0 Å². The Hall–Kier alpha value is -1.00. The summed E-state index contributed by atoms with van der Waals surface area (Å²) in [4.78, 5) is 1.33. The zero-order valence-electron chi connectivity index (χ0n) is 11.7. The van der Waals surface area contributed by atoms with Crippen LogP contribution in [0.5, 0.6) is 0 Å². The number of benzene rings is 2. The Labute approximate surface area is 129 Å². The lowest BCUT2D eigenvalue weighted by atomic mass is 10.0. The van der Waals surface area contributed by atoms with Gasteiger partial charge in [0.1, 0.15) is 0 Å². The van der Waals surface area contributed by atoms with Crippen molar-refractivity contribution >= 4 is 23.4 Å². The molecule has 0 aliphatic heterocycles. The monoisotopic (exact) mass is 312 g/mol. The van der Waals surface area contributed by atoms with Gasteiger partial charge in [-0.1, -0.05) is 36.7 Å². The second-order valence-corrected chi connectivity index (χ2v) is 5.94. The second-order valence-electron chi connectivity index (χ2n) is 4.34. The van der Waals surface area contributed by atoms with Crippen molar-refractivity contribution in [3.63, 3.8) is 0 Å². The average Bonchev–Trinajstić information content (AvgIpc) is 2.39. The van der Waals surface area contributed by atoms with E-state index in [2.05, 4.69) is 44.2 Å². The molecule has 0 aliphatic rings. The standard InChI is InChI=1S/C16H17ClS.2H2O/c1-3-9-18-15-6-4-5-13(10-15)16-11-14(17)8-7-12(16)2;;/h4-8,10-11H,3,9H2,1-2H3;2*1H2. The molecule has 110 valence electrons. The van der Waals surface area contributed by atoms with Crippen LogP contribution in [0.25, 0.3) is 11.1 Å². The molecule has 0 saturated carbocycles. The molecule has 0 heterocycles. The zero-order chi connectivity index (χ0) is 13.0. The molecule has 0 amide bonds. The molecule has 0 spiro atoms. The Morgan fingerprint density at radius 1 is 1.05 bits per heavy atom. The minimum atomic E-state index is 0. The van der Waals surface area contributed by atoms with Crippen molar-refractivity contribution in [3.8, 4) is 11.1 Å². The van der Waals surface area contributed by atoms with E-state index in [0.717, 1.165) is 10.8 Å². The van der Waals surface area contributed by atoms with Crippen molar-refractivity contribution < 1.29 is 11.0 Å². The number of aryl methyl sites for hydroxylation is 1. The van der Waals surface area contributed by atoms with Crippen LogP contribution in [0.2, 0.25) is 5.02 Å². The summed E-state index contributed by atoms with van der Waals surface area (Å²) in [5.41, 5.74) is 3.73. The van der Waals surface area contributed by atoms with Gasteiger partial charge in [-0.3, -0.25) is 0 Å². The van der Waals surface area contributed by atoms with Gasteiger partial charge in [0.25, 0.3) is 0 Å². The Balaban J connectivity index is 0.00000180. The SMILES string of the molecule is CCCSc1cccc(-c2cc(Cl)ccc2C)c1.O.O. The average molecular weight is 313 g/mol. The highest BCUT2D eigenvalue weighted by Crippen LogP contribution is 2.30. The first-order valence-electron chi connectivity index (χ1n) is 6.20. The van der Waals surface area contributed by atoms with Crippen molar-refractivity contribution in [1.29, 1.82) is 0 Å². The Bertz CT molecular complexity index is 544. The summed E-state index contributed by atoms with van der Waals surface area (Å²) in [5.74, 6) is 1.16. The van der Waals surface area contributed by atoms with E-state index in [-0.39, 0.29) is 11.0 Å². The van der Waals surface area contributed by atoms with Crippen molar-refractivity contribution in [3.05, 3.63) is 53.1 Å². The molecule has 2 aromatic carbocycles. The third-order valence-corrected chi connectivity index (χ3v) is 4.25. The van der Waals surface area contributed by atoms with Gasteiger partial charge >= 0.3 is 0 Å². The molecule has 20 heavy (non-hydrogen) atoms. The van der Waals surface area contributed by atoms with Gasteiger partial charge in [-0.05, 0) is 60.1 Å². The van der Waals surface area contributed by atoms with Gasteiger partial charge in [0, 0.05) is 9.92 Å². The highest BCUT2D eigenvalue weighted by atomic mass is 35.5. The van der Waals surface area contributed by atoms with Gasteiger partial charge in [-0.15, -0.1) is 11.8 Å². The van der Waals surface area contributed by atoms with Crippen molar-refractivity contribution in [2.45, 2.75) is 25.2 Å². The predicted molar refractivity (Wildman–Crippen MR) is 89.9 cm³/mol. The van der Waals surface area contributed by atoms with Crippen LogP contribution >= 0.6 is 23.4 Å². The third-order valence-electron chi connectivity index (χ3n) is 2.82.